The monoisotopic (exact) mass is 279 g/mol. The molecular weight excluding hydrogens is 254 g/mol. The molecule has 1 saturated heterocycles. The summed E-state index contributed by atoms with van der Waals surface area (Å²) in [5, 5.41) is 13.3. The van der Waals surface area contributed by atoms with E-state index < -0.39 is 0 Å². The summed E-state index contributed by atoms with van der Waals surface area (Å²) in [6, 6.07) is 11.1. The van der Waals surface area contributed by atoms with E-state index in [0.29, 0.717) is 11.5 Å². The topological polar surface area (TPSA) is 32.3 Å². The summed E-state index contributed by atoms with van der Waals surface area (Å²) in [5.74, 6) is 2.41. The van der Waals surface area contributed by atoms with E-state index >= 15 is 0 Å². The van der Waals surface area contributed by atoms with Gasteiger partial charge in [0.05, 0.1) is 6.61 Å². The van der Waals surface area contributed by atoms with Crippen LogP contribution in [0.15, 0.2) is 30.3 Å². The largest absolute Gasteiger partial charge is 0.395 e. The van der Waals surface area contributed by atoms with Crippen LogP contribution in [0, 0.1) is 5.41 Å². The maximum Gasteiger partial charge on any atom is 0.0587 e. The Balaban J connectivity index is 1.95. The number of rotatable bonds is 5. The molecule has 1 unspecified atom stereocenters. The summed E-state index contributed by atoms with van der Waals surface area (Å²) in [7, 11) is 0. The van der Waals surface area contributed by atoms with Gasteiger partial charge >= 0.3 is 0 Å². The zero-order valence-corrected chi connectivity index (χ0v) is 12.7. The summed E-state index contributed by atoms with van der Waals surface area (Å²) in [4.78, 5) is 0. The van der Waals surface area contributed by atoms with Crippen molar-refractivity contribution in [3.05, 3.63) is 35.9 Å². The molecule has 0 amide bonds. The van der Waals surface area contributed by atoms with Gasteiger partial charge in [-0.3, -0.25) is 0 Å². The second kappa shape index (κ2) is 6.78. The van der Waals surface area contributed by atoms with Crippen LogP contribution in [0.25, 0.3) is 0 Å². The lowest BCUT2D eigenvalue weighted by molar-refractivity contribution is 0.182. The predicted molar refractivity (Wildman–Crippen MR) is 83.7 cm³/mol. The molecule has 0 bridgehead atoms. The van der Waals surface area contributed by atoms with Crippen molar-refractivity contribution >= 4 is 11.8 Å². The highest BCUT2D eigenvalue weighted by atomic mass is 32.2. The van der Waals surface area contributed by atoms with Crippen LogP contribution in [0.5, 0.6) is 0 Å². The average molecular weight is 279 g/mol. The van der Waals surface area contributed by atoms with Crippen molar-refractivity contribution in [2.24, 2.45) is 5.41 Å². The summed E-state index contributed by atoms with van der Waals surface area (Å²) in [6.07, 6.45) is 2.15. The van der Waals surface area contributed by atoms with Gasteiger partial charge in [0.15, 0.2) is 0 Å². The fourth-order valence-corrected chi connectivity index (χ4v) is 4.19. The van der Waals surface area contributed by atoms with Gasteiger partial charge in [-0.1, -0.05) is 44.2 Å². The summed E-state index contributed by atoms with van der Waals surface area (Å²) >= 11 is 2.02. The lowest BCUT2D eigenvalue weighted by Crippen LogP contribution is -2.52. The normalized spacial score (nSPS) is 24.1. The summed E-state index contributed by atoms with van der Waals surface area (Å²) in [5.41, 5.74) is 1.62. The fraction of sp³-hybridized carbons (Fsp3) is 0.625. The maximum atomic E-state index is 9.62. The van der Waals surface area contributed by atoms with Crippen LogP contribution >= 0.6 is 11.8 Å². The predicted octanol–water partition coefficient (Wildman–Crippen LogP) is 2.71. The van der Waals surface area contributed by atoms with Gasteiger partial charge in [-0.2, -0.15) is 11.8 Å². The number of hydrogen-bond acceptors (Lipinski definition) is 3. The minimum Gasteiger partial charge on any atom is -0.395 e. The highest BCUT2D eigenvalue weighted by Crippen LogP contribution is 2.34. The first-order valence-electron chi connectivity index (χ1n) is 7.10. The van der Waals surface area contributed by atoms with Crippen LogP contribution in [0.1, 0.15) is 25.8 Å². The van der Waals surface area contributed by atoms with Crippen LogP contribution in [0.3, 0.4) is 0 Å². The number of nitrogens with one attached hydrogen (secondary N) is 1. The Kier molecular flexibility index (Phi) is 5.31. The number of aliphatic hydroxyl groups excluding tert-OH is 1. The van der Waals surface area contributed by atoms with Gasteiger partial charge in [0.25, 0.3) is 0 Å². The molecule has 19 heavy (non-hydrogen) atoms. The first kappa shape index (κ1) is 14.9. The van der Waals surface area contributed by atoms with Crippen LogP contribution < -0.4 is 5.32 Å². The molecule has 106 valence electrons. The molecule has 2 atom stereocenters. The van der Waals surface area contributed by atoms with Crippen molar-refractivity contribution in [2.45, 2.75) is 38.8 Å². The smallest absolute Gasteiger partial charge is 0.0587 e. The van der Waals surface area contributed by atoms with Crippen LogP contribution in [0.2, 0.25) is 0 Å². The standard InChI is InChI=1S/C16H25NOS/c1-16(2)8-9-19-12-15(16)17-14(11-18)10-13-6-4-3-5-7-13/h3-7,14-15,17-18H,8-12H2,1-2H3/t14-,15?/m0/s1. The van der Waals surface area contributed by atoms with E-state index in [4.69, 9.17) is 0 Å². The van der Waals surface area contributed by atoms with Crippen molar-refractivity contribution in [1.82, 2.24) is 5.32 Å². The second-order valence-electron chi connectivity index (χ2n) is 6.10. The number of aliphatic hydroxyl groups is 1. The Morgan fingerprint density at radius 1 is 1.37 bits per heavy atom. The maximum absolute atomic E-state index is 9.62. The molecule has 0 saturated carbocycles. The van der Waals surface area contributed by atoms with Crippen LogP contribution in [-0.2, 0) is 6.42 Å². The van der Waals surface area contributed by atoms with Crippen LogP contribution in [0.4, 0.5) is 0 Å². The number of thioether (sulfide) groups is 1. The minimum atomic E-state index is 0.158. The molecule has 1 heterocycles. The third-order valence-corrected chi connectivity index (χ3v) is 5.16. The van der Waals surface area contributed by atoms with Gasteiger partial charge in [-0.25, -0.2) is 0 Å². The van der Waals surface area contributed by atoms with Crippen molar-refractivity contribution < 1.29 is 5.11 Å². The number of benzene rings is 1. The molecule has 2 nitrogen and oxygen atoms in total. The molecular formula is C16H25NOS. The molecule has 1 aromatic carbocycles. The molecule has 1 aliphatic rings. The lowest BCUT2D eigenvalue weighted by atomic mass is 9.81. The third-order valence-electron chi connectivity index (χ3n) is 4.10. The zero-order chi connectivity index (χ0) is 13.7. The van der Waals surface area contributed by atoms with Gasteiger partial charge in [0, 0.05) is 17.8 Å². The molecule has 0 aliphatic carbocycles. The van der Waals surface area contributed by atoms with E-state index in [9.17, 15) is 5.11 Å². The van der Waals surface area contributed by atoms with Gasteiger partial charge in [-0.05, 0) is 29.6 Å². The Morgan fingerprint density at radius 3 is 2.74 bits per heavy atom. The molecule has 0 radical (unpaired) electrons. The van der Waals surface area contributed by atoms with Crippen molar-refractivity contribution in [1.29, 1.82) is 0 Å². The zero-order valence-electron chi connectivity index (χ0n) is 11.9. The van der Waals surface area contributed by atoms with E-state index in [1.807, 2.05) is 17.8 Å². The van der Waals surface area contributed by atoms with E-state index in [-0.39, 0.29) is 12.6 Å². The highest BCUT2D eigenvalue weighted by Gasteiger charge is 2.33. The fourth-order valence-electron chi connectivity index (χ4n) is 2.57. The summed E-state index contributed by atoms with van der Waals surface area (Å²) < 4.78 is 0. The van der Waals surface area contributed by atoms with E-state index in [0.717, 1.165) is 12.2 Å². The first-order chi connectivity index (χ1) is 9.12. The van der Waals surface area contributed by atoms with Gasteiger partial charge < -0.3 is 10.4 Å². The SMILES string of the molecule is CC1(C)CCSCC1N[C@H](CO)Cc1ccccc1. The quantitative estimate of drug-likeness (QED) is 0.869. The summed E-state index contributed by atoms with van der Waals surface area (Å²) in [6.45, 7) is 4.87. The minimum absolute atomic E-state index is 0.158. The second-order valence-corrected chi connectivity index (χ2v) is 7.25. The van der Waals surface area contributed by atoms with Gasteiger partial charge in [0.1, 0.15) is 0 Å². The Hall–Kier alpha value is -0.510. The number of hydrogen-bond donors (Lipinski definition) is 2. The van der Waals surface area contributed by atoms with E-state index in [1.54, 1.807) is 0 Å². The van der Waals surface area contributed by atoms with Gasteiger partial charge in [0.2, 0.25) is 0 Å². The van der Waals surface area contributed by atoms with Crippen molar-refractivity contribution in [3.63, 3.8) is 0 Å². The molecule has 1 fully saturated rings. The Labute approximate surface area is 121 Å². The van der Waals surface area contributed by atoms with E-state index in [2.05, 4.69) is 43.4 Å². The molecule has 1 aromatic rings. The molecule has 2 N–H and O–H groups in total. The first-order valence-corrected chi connectivity index (χ1v) is 8.26. The van der Waals surface area contributed by atoms with Crippen molar-refractivity contribution in [2.75, 3.05) is 18.1 Å². The molecule has 3 heteroatoms. The van der Waals surface area contributed by atoms with Crippen LogP contribution in [-0.4, -0.2) is 35.3 Å². The van der Waals surface area contributed by atoms with Crippen molar-refractivity contribution in [3.8, 4) is 0 Å². The molecule has 2 rings (SSSR count). The van der Waals surface area contributed by atoms with Gasteiger partial charge in [-0.15, -0.1) is 0 Å². The molecule has 1 aliphatic heterocycles. The molecule has 0 aromatic heterocycles. The highest BCUT2D eigenvalue weighted by molar-refractivity contribution is 7.99. The van der Waals surface area contributed by atoms with E-state index in [1.165, 1.54) is 17.7 Å². The third kappa shape index (κ3) is 4.23. The lowest BCUT2D eigenvalue weighted by Gasteiger charge is -2.40. The molecule has 0 spiro atoms. The Bertz CT molecular complexity index is 380. The average Bonchev–Trinajstić information content (AvgIpc) is 2.41. The Morgan fingerprint density at radius 2 is 2.11 bits per heavy atom.